The summed E-state index contributed by atoms with van der Waals surface area (Å²) in [6.07, 6.45) is 0.278. The van der Waals surface area contributed by atoms with Gasteiger partial charge < -0.3 is 4.90 Å². The minimum atomic E-state index is -3.95. The molecule has 0 aliphatic carbocycles. The van der Waals surface area contributed by atoms with Gasteiger partial charge in [-0.1, -0.05) is 109 Å². The molecule has 1 fully saturated rings. The van der Waals surface area contributed by atoms with Gasteiger partial charge in [0.25, 0.3) is 0 Å². The molecular weight excluding hydrogens is 542 g/mol. The first kappa shape index (κ1) is 29.7. The van der Waals surface area contributed by atoms with E-state index in [1.165, 1.54) is 11.1 Å². The minimum Gasteiger partial charge on any atom is -0.339 e. The van der Waals surface area contributed by atoms with Crippen LogP contribution in [-0.2, 0) is 21.2 Å². The van der Waals surface area contributed by atoms with E-state index in [2.05, 4.69) is 58.2 Å². The lowest BCUT2D eigenvalue weighted by Crippen LogP contribution is -2.56. The fourth-order valence-corrected chi connectivity index (χ4v) is 7.81. The van der Waals surface area contributed by atoms with Crippen LogP contribution in [0.3, 0.4) is 0 Å². The Morgan fingerprint density at radius 1 is 0.738 bits per heavy atom. The van der Waals surface area contributed by atoms with Crippen LogP contribution in [0.25, 0.3) is 0 Å². The van der Waals surface area contributed by atoms with Crippen LogP contribution in [0.5, 0.6) is 0 Å². The Labute approximate surface area is 250 Å². The van der Waals surface area contributed by atoms with Crippen molar-refractivity contribution < 1.29 is 13.2 Å². The van der Waals surface area contributed by atoms with E-state index in [0.29, 0.717) is 37.3 Å². The molecule has 0 spiro atoms. The topological polar surface area (TPSA) is 69.7 Å². The second-order valence-electron chi connectivity index (χ2n) is 11.2. The monoisotopic (exact) mass is 581 g/mol. The maximum atomic E-state index is 14.0. The van der Waals surface area contributed by atoms with Crippen molar-refractivity contribution in [2.24, 2.45) is 0 Å². The zero-order chi connectivity index (χ0) is 29.7. The highest BCUT2D eigenvalue weighted by Crippen LogP contribution is 2.30. The fraction of sp³-hybridized carbons (Fsp3) is 0.286. The van der Waals surface area contributed by atoms with E-state index < -0.39 is 16.1 Å². The summed E-state index contributed by atoms with van der Waals surface area (Å²) >= 11 is 0. The normalized spacial score (nSPS) is 15.1. The van der Waals surface area contributed by atoms with Gasteiger partial charge in [-0.3, -0.25) is 9.69 Å². The first-order chi connectivity index (χ1) is 20.2. The van der Waals surface area contributed by atoms with Crippen molar-refractivity contribution >= 4 is 15.9 Å². The summed E-state index contributed by atoms with van der Waals surface area (Å²) in [4.78, 5) is 18.5. The zero-order valence-corrected chi connectivity index (χ0v) is 25.3. The standard InChI is InChI=1S/C35H39N3O3S/c1-26-23-27(2)34(28(3)24-26)42(40,41)36-32(25-29-13-7-4-8-14-29)35(39)38-21-19-37(20-22-38)33(30-15-9-5-10-16-30)31-17-11-6-12-18-31/h4-18,23-24,32-33,36H,19-22,25H2,1-3H3/t32-/m1/s1. The fourth-order valence-electron chi connectivity index (χ4n) is 6.17. The molecule has 0 bridgehead atoms. The summed E-state index contributed by atoms with van der Waals surface area (Å²) in [5, 5.41) is 0. The number of sulfonamides is 1. The summed E-state index contributed by atoms with van der Waals surface area (Å²) in [6, 6.07) is 33.4. The number of aryl methyl sites for hydroxylation is 3. The third kappa shape index (κ3) is 6.81. The van der Waals surface area contributed by atoms with Gasteiger partial charge in [-0.25, -0.2) is 8.42 Å². The molecule has 6 nitrogen and oxygen atoms in total. The summed E-state index contributed by atoms with van der Waals surface area (Å²) in [7, 11) is -3.95. The van der Waals surface area contributed by atoms with Gasteiger partial charge in [-0.2, -0.15) is 4.72 Å². The number of nitrogens with zero attached hydrogens (tertiary/aromatic N) is 2. The molecule has 0 unspecified atom stereocenters. The molecule has 42 heavy (non-hydrogen) atoms. The minimum absolute atomic E-state index is 0.0794. The predicted octanol–water partition coefficient (Wildman–Crippen LogP) is 5.44. The van der Waals surface area contributed by atoms with E-state index in [0.717, 1.165) is 11.1 Å². The van der Waals surface area contributed by atoms with E-state index >= 15 is 0 Å². The number of hydrogen-bond donors (Lipinski definition) is 1. The first-order valence-corrected chi connectivity index (χ1v) is 16.0. The molecule has 4 aromatic carbocycles. The number of carbonyl (C=O) groups excluding carboxylic acids is 1. The highest BCUT2D eigenvalue weighted by Gasteiger charge is 2.34. The molecule has 4 aromatic rings. The molecule has 1 N–H and O–H groups in total. The van der Waals surface area contributed by atoms with E-state index in [1.54, 1.807) is 13.8 Å². The van der Waals surface area contributed by atoms with Gasteiger partial charge in [0.15, 0.2) is 0 Å². The van der Waals surface area contributed by atoms with Gasteiger partial charge in [-0.05, 0) is 55.0 Å². The number of rotatable bonds is 9. The van der Waals surface area contributed by atoms with Crippen molar-refractivity contribution in [3.05, 3.63) is 137 Å². The van der Waals surface area contributed by atoms with Crippen LogP contribution in [0.1, 0.15) is 39.4 Å². The summed E-state index contributed by atoms with van der Waals surface area (Å²) in [5.74, 6) is -0.194. The van der Waals surface area contributed by atoms with Crippen LogP contribution < -0.4 is 4.72 Å². The zero-order valence-electron chi connectivity index (χ0n) is 24.5. The third-order valence-corrected chi connectivity index (χ3v) is 9.75. The molecule has 7 heteroatoms. The predicted molar refractivity (Wildman–Crippen MR) is 168 cm³/mol. The van der Waals surface area contributed by atoms with Crippen molar-refractivity contribution in [2.45, 2.75) is 44.2 Å². The molecule has 1 heterocycles. The van der Waals surface area contributed by atoms with Gasteiger partial charge in [0.2, 0.25) is 15.9 Å². The van der Waals surface area contributed by atoms with E-state index in [4.69, 9.17) is 0 Å². The molecular formula is C35H39N3O3S. The molecule has 1 saturated heterocycles. The highest BCUT2D eigenvalue weighted by atomic mass is 32.2. The van der Waals surface area contributed by atoms with Crippen LogP contribution in [0.15, 0.2) is 108 Å². The lowest BCUT2D eigenvalue weighted by molar-refractivity contribution is -0.135. The van der Waals surface area contributed by atoms with Crippen molar-refractivity contribution in [3.63, 3.8) is 0 Å². The van der Waals surface area contributed by atoms with E-state index in [1.807, 2.05) is 66.4 Å². The van der Waals surface area contributed by atoms with Gasteiger partial charge in [0, 0.05) is 26.2 Å². The largest absolute Gasteiger partial charge is 0.339 e. The Morgan fingerprint density at radius 3 is 1.71 bits per heavy atom. The van der Waals surface area contributed by atoms with Crippen LogP contribution in [0.4, 0.5) is 0 Å². The smallest absolute Gasteiger partial charge is 0.241 e. The lowest BCUT2D eigenvalue weighted by atomic mass is 9.96. The van der Waals surface area contributed by atoms with Crippen molar-refractivity contribution in [1.29, 1.82) is 0 Å². The van der Waals surface area contributed by atoms with Crippen molar-refractivity contribution in [1.82, 2.24) is 14.5 Å². The average molecular weight is 582 g/mol. The van der Waals surface area contributed by atoms with Gasteiger partial charge in [0.05, 0.1) is 10.9 Å². The maximum Gasteiger partial charge on any atom is 0.241 e. The van der Waals surface area contributed by atoms with E-state index in [-0.39, 0.29) is 23.3 Å². The summed E-state index contributed by atoms with van der Waals surface area (Å²) in [5.41, 5.74) is 5.68. The van der Waals surface area contributed by atoms with Crippen LogP contribution in [0.2, 0.25) is 0 Å². The molecule has 1 atom stereocenters. The van der Waals surface area contributed by atoms with E-state index in [9.17, 15) is 13.2 Å². The quantitative estimate of drug-likeness (QED) is 0.286. The Morgan fingerprint density at radius 2 is 1.21 bits per heavy atom. The highest BCUT2D eigenvalue weighted by molar-refractivity contribution is 7.89. The SMILES string of the molecule is Cc1cc(C)c(S(=O)(=O)N[C@H](Cc2ccccc2)C(=O)N2CCN(C(c3ccccc3)c3ccccc3)CC2)c(C)c1. The number of benzene rings is 4. The molecule has 218 valence electrons. The Balaban J connectivity index is 1.37. The number of hydrogen-bond acceptors (Lipinski definition) is 4. The molecule has 0 saturated carbocycles. The van der Waals surface area contributed by atoms with Crippen LogP contribution in [0, 0.1) is 20.8 Å². The number of carbonyl (C=O) groups is 1. The Hall–Kier alpha value is -3.78. The second-order valence-corrected chi connectivity index (χ2v) is 12.8. The molecule has 0 aromatic heterocycles. The first-order valence-electron chi connectivity index (χ1n) is 14.5. The molecule has 5 rings (SSSR count). The second kappa shape index (κ2) is 13.0. The van der Waals surface area contributed by atoms with Gasteiger partial charge in [0.1, 0.15) is 6.04 Å². The summed E-state index contributed by atoms with van der Waals surface area (Å²) in [6.45, 7) is 7.96. The van der Waals surface area contributed by atoms with Gasteiger partial charge in [-0.15, -0.1) is 0 Å². The van der Waals surface area contributed by atoms with Crippen LogP contribution in [-0.4, -0.2) is 56.3 Å². The molecule has 0 radical (unpaired) electrons. The Bertz CT molecular complexity index is 1540. The van der Waals surface area contributed by atoms with Crippen LogP contribution >= 0.6 is 0 Å². The van der Waals surface area contributed by atoms with Gasteiger partial charge >= 0.3 is 0 Å². The third-order valence-electron chi connectivity index (χ3n) is 7.97. The average Bonchev–Trinajstić information content (AvgIpc) is 2.98. The van der Waals surface area contributed by atoms with Crippen molar-refractivity contribution in [3.8, 4) is 0 Å². The number of nitrogens with one attached hydrogen (secondary N) is 1. The lowest BCUT2D eigenvalue weighted by Gasteiger charge is -2.40. The Kier molecular flexibility index (Phi) is 9.21. The maximum absolute atomic E-state index is 14.0. The molecule has 1 aliphatic heterocycles. The number of piperazine rings is 1. The molecule has 1 aliphatic rings. The molecule has 1 amide bonds. The summed E-state index contributed by atoms with van der Waals surface area (Å²) < 4.78 is 30.3. The van der Waals surface area contributed by atoms with Crippen molar-refractivity contribution in [2.75, 3.05) is 26.2 Å². The number of amides is 1.